The molecule has 0 bridgehead atoms. The second-order valence-corrected chi connectivity index (χ2v) is 3.08. The van der Waals surface area contributed by atoms with Crippen molar-refractivity contribution in [2.24, 2.45) is 0 Å². The van der Waals surface area contributed by atoms with E-state index < -0.39 is 0 Å². The van der Waals surface area contributed by atoms with Crippen molar-refractivity contribution in [2.45, 2.75) is 13.0 Å². The Morgan fingerprint density at radius 2 is 2.55 bits per heavy atom. The average Bonchev–Trinajstić information content (AvgIpc) is 2.40. The molecule has 0 aromatic carbocycles. The van der Waals surface area contributed by atoms with E-state index >= 15 is 0 Å². The SMILES string of the molecule is C#CC(NC)c1scnc1C. The Kier molecular flexibility index (Phi) is 2.64. The van der Waals surface area contributed by atoms with Crippen LogP contribution in [-0.2, 0) is 0 Å². The minimum atomic E-state index is 0.0162. The van der Waals surface area contributed by atoms with Crippen LogP contribution in [0, 0.1) is 19.3 Å². The van der Waals surface area contributed by atoms with Gasteiger partial charge in [-0.2, -0.15) is 0 Å². The largest absolute Gasteiger partial charge is 0.302 e. The molecule has 0 saturated heterocycles. The Balaban J connectivity index is 2.92. The second kappa shape index (κ2) is 3.51. The molecule has 0 spiro atoms. The molecule has 58 valence electrons. The molecular formula is C8H10N2S. The molecule has 0 saturated carbocycles. The van der Waals surface area contributed by atoms with Crippen molar-refractivity contribution in [3.05, 3.63) is 16.1 Å². The summed E-state index contributed by atoms with van der Waals surface area (Å²) in [6, 6.07) is 0.0162. The Hall–Kier alpha value is -0.850. The standard InChI is InChI=1S/C8H10N2S/c1-4-7(9-3)8-6(2)10-5-11-8/h1,5,7,9H,2-3H3. The van der Waals surface area contributed by atoms with Crippen LogP contribution < -0.4 is 5.32 Å². The molecule has 1 aromatic rings. The Morgan fingerprint density at radius 3 is 2.91 bits per heavy atom. The van der Waals surface area contributed by atoms with Gasteiger partial charge in [-0.3, -0.25) is 0 Å². The molecule has 0 aliphatic rings. The lowest BCUT2D eigenvalue weighted by Gasteiger charge is -2.06. The van der Waals surface area contributed by atoms with Crippen molar-refractivity contribution in [1.82, 2.24) is 10.3 Å². The van der Waals surface area contributed by atoms with E-state index in [1.807, 2.05) is 19.5 Å². The normalized spacial score (nSPS) is 12.5. The molecule has 11 heavy (non-hydrogen) atoms. The molecule has 3 heteroatoms. The smallest absolute Gasteiger partial charge is 0.105 e. The van der Waals surface area contributed by atoms with Gasteiger partial charge in [-0.05, 0) is 14.0 Å². The maximum absolute atomic E-state index is 5.31. The lowest BCUT2D eigenvalue weighted by molar-refractivity contribution is 0.742. The molecule has 0 aliphatic carbocycles. The van der Waals surface area contributed by atoms with Crippen LogP contribution in [0.5, 0.6) is 0 Å². The van der Waals surface area contributed by atoms with Crippen LogP contribution in [0.4, 0.5) is 0 Å². The molecule has 0 amide bonds. The van der Waals surface area contributed by atoms with Gasteiger partial charge in [0.15, 0.2) is 0 Å². The van der Waals surface area contributed by atoms with Crippen LogP contribution in [0.3, 0.4) is 0 Å². The number of aromatic nitrogens is 1. The fourth-order valence-electron chi connectivity index (χ4n) is 0.878. The van der Waals surface area contributed by atoms with Gasteiger partial charge in [0.05, 0.1) is 16.1 Å². The first kappa shape index (κ1) is 8.25. The monoisotopic (exact) mass is 166 g/mol. The van der Waals surface area contributed by atoms with E-state index in [1.54, 1.807) is 11.3 Å². The summed E-state index contributed by atoms with van der Waals surface area (Å²) in [7, 11) is 1.85. The van der Waals surface area contributed by atoms with E-state index in [1.165, 1.54) is 0 Å². The van der Waals surface area contributed by atoms with E-state index in [9.17, 15) is 0 Å². The third-order valence-electron chi connectivity index (χ3n) is 1.50. The maximum atomic E-state index is 5.31. The first-order valence-corrected chi connectivity index (χ1v) is 4.21. The molecule has 2 nitrogen and oxygen atoms in total. The third kappa shape index (κ3) is 1.59. The van der Waals surface area contributed by atoms with E-state index in [4.69, 9.17) is 6.42 Å². The van der Waals surface area contributed by atoms with Crippen molar-refractivity contribution in [3.8, 4) is 12.3 Å². The van der Waals surface area contributed by atoms with Crippen molar-refractivity contribution in [3.63, 3.8) is 0 Å². The number of terminal acetylenes is 1. The first-order valence-electron chi connectivity index (χ1n) is 3.33. The van der Waals surface area contributed by atoms with Crippen molar-refractivity contribution in [1.29, 1.82) is 0 Å². The summed E-state index contributed by atoms with van der Waals surface area (Å²) in [5.74, 6) is 2.65. The second-order valence-electron chi connectivity index (χ2n) is 2.19. The molecule has 1 atom stereocenters. The van der Waals surface area contributed by atoms with Gasteiger partial charge in [0, 0.05) is 0 Å². The van der Waals surface area contributed by atoms with Crippen LogP contribution in [0.25, 0.3) is 0 Å². The summed E-state index contributed by atoms with van der Waals surface area (Å²) < 4.78 is 0. The maximum Gasteiger partial charge on any atom is 0.105 e. The molecule has 0 aliphatic heterocycles. The molecule has 1 aromatic heterocycles. The zero-order valence-corrected chi connectivity index (χ0v) is 7.40. The molecule has 1 N–H and O–H groups in total. The summed E-state index contributed by atoms with van der Waals surface area (Å²) in [6.07, 6.45) is 5.31. The van der Waals surface area contributed by atoms with Crippen molar-refractivity contribution >= 4 is 11.3 Å². The summed E-state index contributed by atoms with van der Waals surface area (Å²) in [5, 5.41) is 3.03. The predicted octanol–water partition coefficient (Wildman–Crippen LogP) is 1.35. The van der Waals surface area contributed by atoms with Crippen LogP contribution in [0.2, 0.25) is 0 Å². The van der Waals surface area contributed by atoms with Crippen LogP contribution >= 0.6 is 11.3 Å². The predicted molar refractivity (Wildman–Crippen MR) is 47.5 cm³/mol. The summed E-state index contributed by atoms with van der Waals surface area (Å²) >= 11 is 1.59. The Labute approximate surface area is 70.7 Å². The van der Waals surface area contributed by atoms with Gasteiger partial charge in [-0.25, -0.2) is 4.98 Å². The van der Waals surface area contributed by atoms with E-state index in [-0.39, 0.29) is 6.04 Å². The highest BCUT2D eigenvalue weighted by molar-refractivity contribution is 7.09. The van der Waals surface area contributed by atoms with Crippen molar-refractivity contribution in [2.75, 3.05) is 7.05 Å². The minimum Gasteiger partial charge on any atom is -0.302 e. The van der Waals surface area contributed by atoms with Gasteiger partial charge in [0.1, 0.15) is 6.04 Å². The van der Waals surface area contributed by atoms with Crippen LogP contribution in [0.1, 0.15) is 16.6 Å². The number of rotatable bonds is 2. The molecule has 1 heterocycles. The van der Waals surface area contributed by atoms with Gasteiger partial charge in [0.2, 0.25) is 0 Å². The highest BCUT2D eigenvalue weighted by atomic mass is 32.1. The van der Waals surface area contributed by atoms with E-state index in [2.05, 4.69) is 16.2 Å². The lowest BCUT2D eigenvalue weighted by Crippen LogP contribution is -2.13. The Morgan fingerprint density at radius 1 is 1.82 bits per heavy atom. The van der Waals surface area contributed by atoms with Crippen LogP contribution in [0.15, 0.2) is 5.51 Å². The number of thiazole rings is 1. The topological polar surface area (TPSA) is 24.9 Å². The lowest BCUT2D eigenvalue weighted by atomic mass is 10.2. The van der Waals surface area contributed by atoms with Crippen molar-refractivity contribution < 1.29 is 0 Å². The number of hydrogen-bond donors (Lipinski definition) is 1. The third-order valence-corrected chi connectivity index (χ3v) is 2.50. The summed E-state index contributed by atoms with van der Waals surface area (Å²) in [6.45, 7) is 1.97. The van der Waals surface area contributed by atoms with E-state index in [0.717, 1.165) is 10.6 Å². The van der Waals surface area contributed by atoms with Gasteiger partial charge in [0.25, 0.3) is 0 Å². The van der Waals surface area contributed by atoms with Gasteiger partial charge < -0.3 is 5.32 Å². The number of nitrogens with one attached hydrogen (secondary N) is 1. The molecule has 1 rings (SSSR count). The zero-order valence-electron chi connectivity index (χ0n) is 6.59. The van der Waals surface area contributed by atoms with Gasteiger partial charge in [-0.15, -0.1) is 17.8 Å². The highest BCUT2D eigenvalue weighted by Gasteiger charge is 2.09. The summed E-state index contributed by atoms with van der Waals surface area (Å²) in [4.78, 5) is 5.25. The minimum absolute atomic E-state index is 0.0162. The number of aryl methyl sites for hydroxylation is 1. The van der Waals surface area contributed by atoms with Crippen LogP contribution in [-0.4, -0.2) is 12.0 Å². The molecule has 1 unspecified atom stereocenters. The van der Waals surface area contributed by atoms with Gasteiger partial charge in [-0.1, -0.05) is 5.92 Å². The quantitative estimate of drug-likeness (QED) is 0.671. The fraction of sp³-hybridized carbons (Fsp3) is 0.375. The highest BCUT2D eigenvalue weighted by Crippen LogP contribution is 2.20. The summed E-state index contributed by atoms with van der Waals surface area (Å²) in [5.41, 5.74) is 2.83. The first-order chi connectivity index (χ1) is 5.29. The Bertz CT molecular complexity index is 272. The molecule has 0 fully saturated rings. The number of nitrogens with zero attached hydrogens (tertiary/aromatic N) is 1. The van der Waals surface area contributed by atoms with E-state index in [0.29, 0.717) is 0 Å². The number of hydrogen-bond acceptors (Lipinski definition) is 3. The molecule has 0 radical (unpaired) electrons. The van der Waals surface area contributed by atoms with Gasteiger partial charge >= 0.3 is 0 Å². The molecular weight excluding hydrogens is 156 g/mol. The zero-order chi connectivity index (χ0) is 8.27. The average molecular weight is 166 g/mol. The fourth-order valence-corrected chi connectivity index (χ4v) is 1.75.